The zero-order chi connectivity index (χ0) is 11.5. The summed E-state index contributed by atoms with van der Waals surface area (Å²) in [5.41, 5.74) is 0. The molecule has 2 atom stereocenters. The maximum absolute atomic E-state index is 9.06. The summed E-state index contributed by atoms with van der Waals surface area (Å²) >= 11 is 0. The lowest BCUT2D eigenvalue weighted by Crippen LogP contribution is -2.26. The van der Waals surface area contributed by atoms with Crippen molar-refractivity contribution in [1.29, 1.82) is 0 Å². The van der Waals surface area contributed by atoms with Crippen molar-refractivity contribution in [2.75, 3.05) is 19.8 Å². The molecule has 0 fully saturated rings. The number of rotatable bonds is 10. The van der Waals surface area contributed by atoms with Crippen LogP contribution in [0.1, 0.15) is 39.0 Å². The molecule has 0 spiro atoms. The SMILES string of the molecule is CCCCCCC(CO)OCC(O)CO. The van der Waals surface area contributed by atoms with Crippen LogP contribution in [0, 0.1) is 0 Å². The number of ether oxygens (including phenoxy) is 1. The van der Waals surface area contributed by atoms with E-state index in [1.54, 1.807) is 0 Å². The molecule has 0 amide bonds. The minimum absolute atomic E-state index is 0.0235. The lowest BCUT2D eigenvalue weighted by molar-refractivity contribution is -0.0491. The molecule has 0 heterocycles. The first-order valence-electron chi connectivity index (χ1n) is 5.76. The lowest BCUT2D eigenvalue weighted by Gasteiger charge is -2.17. The molecule has 2 unspecified atom stereocenters. The number of aliphatic hydroxyl groups excluding tert-OH is 3. The molecule has 0 saturated carbocycles. The van der Waals surface area contributed by atoms with E-state index in [4.69, 9.17) is 20.1 Å². The van der Waals surface area contributed by atoms with Crippen LogP contribution in [0.25, 0.3) is 0 Å². The van der Waals surface area contributed by atoms with E-state index in [-0.39, 0.29) is 25.9 Å². The highest BCUT2D eigenvalue weighted by Gasteiger charge is 2.10. The third kappa shape index (κ3) is 8.81. The predicted molar refractivity (Wildman–Crippen MR) is 58.7 cm³/mol. The Bertz CT molecular complexity index is 130. The Hall–Kier alpha value is -0.160. The van der Waals surface area contributed by atoms with E-state index in [2.05, 4.69) is 6.92 Å². The quantitative estimate of drug-likeness (QED) is 0.474. The van der Waals surface area contributed by atoms with E-state index in [1.165, 1.54) is 12.8 Å². The fraction of sp³-hybridized carbons (Fsp3) is 1.00. The highest BCUT2D eigenvalue weighted by Crippen LogP contribution is 2.08. The maximum Gasteiger partial charge on any atom is 0.100 e. The molecule has 92 valence electrons. The van der Waals surface area contributed by atoms with E-state index < -0.39 is 6.10 Å². The van der Waals surface area contributed by atoms with Crippen molar-refractivity contribution < 1.29 is 20.1 Å². The number of hydrogen-bond donors (Lipinski definition) is 3. The Labute approximate surface area is 91.9 Å². The van der Waals surface area contributed by atoms with Crippen molar-refractivity contribution in [3.63, 3.8) is 0 Å². The average molecular weight is 220 g/mol. The van der Waals surface area contributed by atoms with Gasteiger partial charge in [0.1, 0.15) is 6.10 Å². The normalized spacial score (nSPS) is 15.2. The third-order valence-electron chi connectivity index (χ3n) is 2.32. The molecule has 0 aliphatic rings. The Balaban J connectivity index is 3.46. The summed E-state index contributed by atoms with van der Waals surface area (Å²) in [6.45, 7) is 1.92. The second-order valence-corrected chi connectivity index (χ2v) is 3.82. The number of aliphatic hydroxyl groups is 3. The standard InChI is InChI=1S/C11H24O4/c1-2-3-4-5-6-11(8-13)15-9-10(14)7-12/h10-14H,2-9H2,1H3. The molecule has 0 aromatic carbocycles. The first-order chi connectivity index (χ1) is 7.24. The Morgan fingerprint density at radius 1 is 1.07 bits per heavy atom. The van der Waals surface area contributed by atoms with Crippen molar-refractivity contribution in [3.05, 3.63) is 0 Å². The van der Waals surface area contributed by atoms with Crippen LogP contribution in [0.3, 0.4) is 0 Å². The Morgan fingerprint density at radius 2 is 1.80 bits per heavy atom. The van der Waals surface area contributed by atoms with Gasteiger partial charge in [-0.15, -0.1) is 0 Å². The fourth-order valence-corrected chi connectivity index (χ4v) is 1.33. The fourth-order valence-electron chi connectivity index (χ4n) is 1.33. The minimum atomic E-state index is -0.838. The van der Waals surface area contributed by atoms with E-state index in [0.29, 0.717) is 0 Å². The molecule has 4 nitrogen and oxygen atoms in total. The highest BCUT2D eigenvalue weighted by molar-refractivity contribution is 4.59. The molecule has 0 aliphatic heterocycles. The van der Waals surface area contributed by atoms with Crippen LogP contribution in [-0.2, 0) is 4.74 Å². The zero-order valence-electron chi connectivity index (χ0n) is 9.56. The molecule has 0 bridgehead atoms. The number of hydrogen-bond acceptors (Lipinski definition) is 4. The largest absolute Gasteiger partial charge is 0.394 e. The van der Waals surface area contributed by atoms with E-state index >= 15 is 0 Å². The summed E-state index contributed by atoms with van der Waals surface area (Å²) < 4.78 is 5.26. The molecule has 0 saturated heterocycles. The van der Waals surface area contributed by atoms with Crippen LogP contribution in [-0.4, -0.2) is 47.3 Å². The van der Waals surface area contributed by atoms with Crippen LogP contribution >= 0.6 is 0 Å². The molecule has 0 aliphatic carbocycles. The van der Waals surface area contributed by atoms with E-state index in [0.717, 1.165) is 19.3 Å². The van der Waals surface area contributed by atoms with E-state index in [9.17, 15) is 0 Å². The number of unbranched alkanes of at least 4 members (excludes halogenated alkanes) is 3. The van der Waals surface area contributed by atoms with Gasteiger partial charge in [-0.25, -0.2) is 0 Å². The van der Waals surface area contributed by atoms with Crippen molar-refractivity contribution in [3.8, 4) is 0 Å². The van der Waals surface area contributed by atoms with Crippen molar-refractivity contribution >= 4 is 0 Å². The molecule has 15 heavy (non-hydrogen) atoms. The zero-order valence-corrected chi connectivity index (χ0v) is 9.56. The van der Waals surface area contributed by atoms with Gasteiger partial charge in [-0.1, -0.05) is 32.6 Å². The van der Waals surface area contributed by atoms with Crippen LogP contribution in [0.15, 0.2) is 0 Å². The summed E-state index contributed by atoms with van der Waals surface area (Å²) in [5, 5.41) is 26.6. The van der Waals surface area contributed by atoms with Gasteiger partial charge in [-0.2, -0.15) is 0 Å². The maximum atomic E-state index is 9.06. The summed E-state index contributed by atoms with van der Waals surface area (Å²) in [5.74, 6) is 0. The average Bonchev–Trinajstić information content (AvgIpc) is 2.27. The summed E-state index contributed by atoms with van der Waals surface area (Å²) in [6.07, 6.45) is 4.35. The van der Waals surface area contributed by atoms with Gasteiger partial charge in [0.05, 0.1) is 25.9 Å². The van der Waals surface area contributed by atoms with Crippen molar-refractivity contribution in [2.45, 2.75) is 51.2 Å². The van der Waals surface area contributed by atoms with Gasteiger partial charge in [0, 0.05) is 0 Å². The second-order valence-electron chi connectivity index (χ2n) is 3.82. The first-order valence-corrected chi connectivity index (χ1v) is 5.76. The van der Waals surface area contributed by atoms with Crippen LogP contribution < -0.4 is 0 Å². The van der Waals surface area contributed by atoms with Crippen molar-refractivity contribution in [1.82, 2.24) is 0 Å². The van der Waals surface area contributed by atoms with Crippen LogP contribution in [0.4, 0.5) is 0 Å². The third-order valence-corrected chi connectivity index (χ3v) is 2.32. The first kappa shape index (κ1) is 14.8. The summed E-state index contributed by atoms with van der Waals surface area (Å²) in [4.78, 5) is 0. The van der Waals surface area contributed by atoms with Gasteiger partial charge in [0.15, 0.2) is 0 Å². The monoisotopic (exact) mass is 220 g/mol. The van der Waals surface area contributed by atoms with Gasteiger partial charge in [0.2, 0.25) is 0 Å². The molecule has 0 aromatic rings. The van der Waals surface area contributed by atoms with Gasteiger partial charge >= 0.3 is 0 Å². The van der Waals surface area contributed by atoms with Crippen LogP contribution in [0.2, 0.25) is 0 Å². The molecular formula is C11H24O4. The highest BCUT2D eigenvalue weighted by atomic mass is 16.5. The molecular weight excluding hydrogens is 196 g/mol. The van der Waals surface area contributed by atoms with Gasteiger partial charge in [0.25, 0.3) is 0 Å². The van der Waals surface area contributed by atoms with Gasteiger partial charge in [-0.3, -0.25) is 0 Å². The van der Waals surface area contributed by atoms with E-state index in [1.807, 2.05) is 0 Å². The molecule has 0 rings (SSSR count). The molecule has 0 aromatic heterocycles. The molecule has 0 radical (unpaired) electrons. The molecule has 4 heteroatoms. The summed E-state index contributed by atoms with van der Waals surface area (Å²) in [7, 11) is 0. The lowest BCUT2D eigenvalue weighted by atomic mass is 10.1. The van der Waals surface area contributed by atoms with Crippen LogP contribution in [0.5, 0.6) is 0 Å². The Morgan fingerprint density at radius 3 is 2.33 bits per heavy atom. The summed E-state index contributed by atoms with van der Waals surface area (Å²) in [6, 6.07) is 0. The van der Waals surface area contributed by atoms with Gasteiger partial charge in [-0.05, 0) is 6.42 Å². The minimum Gasteiger partial charge on any atom is -0.394 e. The predicted octanol–water partition coefficient (Wildman–Crippen LogP) is 0.687. The van der Waals surface area contributed by atoms with Gasteiger partial charge < -0.3 is 20.1 Å². The topological polar surface area (TPSA) is 69.9 Å². The molecule has 3 N–H and O–H groups in total. The Kier molecular flexibility index (Phi) is 10.3. The second kappa shape index (κ2) is 10.4. The van der Waals surface area contributed by atoms with Crippen molar-refractivity contribution in [2.24, 2.45) is 0 Å². The smallest absolute Gasteiger partial charge is 0.100 e.